The number of hydrogen-bond donors (Lipinski definition) is 2. The minimum absolute atomic E-state index is 0.0849. The molecule has 0 aromatic carbocycles. The van der Waals surface area contributed by atoms with Crippen LogP contribution in [0.25, 0.3) is 0 Å². The van der Waals surface area contributed by atoms with Crippen LogP contribution in [0.4, 0.5) is 0 Å². The van der Waals surface area contributed by atoms with Crippen molar-refractivity contribution in [2.45, 2.75) is 53.4 Å². The predicted molar refractivity (Wildman–Crippen MR) is 110 cm³/mol. The summed E-state index contributed by atoms with van der Waals surface area (Å²) in [6, 6.07) is 0. The van der Waals surface area contributed by atoms with Gasteiger partial charge in [0.1, 0.15) is 0 Å². The van der Waals surface area contributed by atoms with Gasteiger partial charge in [0, 0.05) is 23.1 Å². The molecule has 0 saturated heterocycles. The Morgan fingerprint density at radius 2 is 1.20 bits per heavy atom. The van der Waals surface area contributed by atoms with Crippen LogP contribution in [0.1, 0.15) is 53.4 Å². The Balaban J connectivity index is 0.000000181. The van der Waals surface area contributed by atoms with Gasteiger partial charge in [-0.3, -0.25) is 0 Å². The van der Waals surface area contributed by atoms with E-state index in [1.807, 2.05) is 12.2 Å². The number of hydrogen-bond acceptors (Lipinski definition) is 2. The highest BCUT2D eigenvalue weighted by Crippen LogP contribution is 2.32. The molecule has 0 heterocycles. The van der Waals surface area contributed by atoms with Gasteiger partial charge in [0.05, 0.1) is 0 Å². The second-order valence-corrected chi connectivity index (χ2v) is 8.42. The van der Waals surface area contributed by atoms with E-state index in [-0.39, 0.29) is 10.8 Å². The lowest BCUT2D eigenvalue weighted by Crippen LogP contribution is -2.07. The fourth-order valence-electron chi connectivity index (χ4n) is 3.08. The van der Waals surface area contributed by atoms with Crippen molar-refractivity contribution in [3.8, 4) is 0 Å². The van der Waals surface area contributed by atoms with E-state index in [4.69, 9.17) is 11.5 Å². The molecule has 2 nitrogen and oxygen atoms in total. The summed E-state index contributed by atoms with van der Waals surface area (Å²) < 4.78 is 0. The third-order valence-corrected chi connectivity index (χ3v) is 4.98. The normalized spacial score (nSPS) is 23.6. The van der Waals surface area contributed by atoms with Crippen molar-refractivity contribution in [1.29, 1.82) is 0 Å². The van der Waals surface area contributed by atoms with Crippen LogP contribution in [0.2, 0.25) is 0 Å². The van der Waals surface area contributed by atoms with Crippen LogP contribution in [0.15, 0.2) is 71.0 Å². The molecule has 0 amide bonds. The lowest BCUT2D eigenvalue weighted by molar-refractivity contribution is 0.626. The molecule has 136 valence electrons. The molecular formula is C23H34N2. The SMILES string of the molecule is CC1(C)C=CC(N)=C(CN)C=C1.CC1(C)C=CC2=C(C=C1)CCCC2. The zero-order valence-electron chi connectivity index (χ0n) is 16.3. The highest BCUT2D eigenvalue weighted by molar-refractivity contribution is 5.39. The molecule has 0 unspecified atom stereocenters. The Bertz CT molecular complexity index is 636. The van der Waals surface area contributed by atoms with E-state index in [0.29, 0.717) is 6.54 Å². The Labute approximate surface area is 153 Å². The first-order valence-electron chi connectivity index (χ1n) is 9.40. The summed E-state index contributed by atoms with van der Waals surface area (Å²) in [7, 11) is 0. The van der Waals surface area contributed by atoms with E-state index >= 15 is 0 Å². The van der Waals surface area contributed by atoms with Crippen LogP contribution >= 0.6 is 0 Å². The zero-order valence-corrected chi connectivity index (χ0v) is 16.3. The Morgan fingerprint density at radius 1 is 0.760 bits per heavy atom. The fourth-order valence-corrected chi connectivity index (χ4v) is 3.08. The van der Waals surface area contributed by atoms with Crippen LogP contribution in [0.3, 0.4) is 0 Å². The quantitative estimate of drug-likeness (QED) is 0.680. The molecule has 2 heteroatoms. The molecule has 0 aromatic rings. The summed E-state index contributed by atoms with van der Waals surface area (Å²) in [5, 5.41) is 0. The minimum Gasteiger partial charge on any atom is -0.398 e. The molecular weight excluding hydrogens is 304 g/mol. The van der Waals surface area contributed by atoms with E-state index < -0.39 is 0 Å². The molecule has 4 N–H and O–H groups in total. The van der Waals surface area contributed by atoms with Gasteiger partial charge in [-0.2, -0.15) is 0 Å². The summed E-state index contributed by atoms with van der Waals surface area (Å²) in [5.74, 6) is 0. The van der Waals surface area contributed by atoms with Crippen LogP contribution in [-0.2, 0) is 0 Å². The average Bonchev–Trinajstić information content (AvgIpc) is 2.81. The van der Waals surface area contributed by atoms with Gasteiger partial charge < -0.3 is 11.5 Å². The summed E-state index contributed by atoms with van der Waals surface area (Å²) in [6.07, 6.45) is 22.8. The first kappa shape index (κ1) is 19.5. The van der Waals surface area contributed by atoms with Crippen LogP contribution in [-0.4, -0.2) is 6.54 Å². The second-order valence-electron chi connectivity index (χ2n) is 8.42. The van der Waals surface area contributed by atoms with Crippen molar-refractivity contribution in [2.24, 2.45) is 22.3 Å². The molecule has 0 atom stereocenters. The van der Waals surface area contributed by atoms with Crippen LogP contribution in [0, 0.1) is 10.8 Å². The maximum Gasteiger partial charge on any atom is 0.0356 e. The van der Waals surface area contributed by atoms with E-state index in [1.54, 1.807) is 11.1 Å². The van der Waals surface area contributed by atoms with Gasteiger partial charge in [-0.1, -0.05) is 70.2 Å². The van der Waals surface area contributed by atoms with Gasteiger partial charge in [0.15, 0.2) is 0 Å². The van der Waals surface area contributed by atoms with Crippen LogP contribution in [0.5, 0.6) is 0 Å². The van der Waals surface area contributed by atoms with Gasteiger partial charge in [0.2, 0.25) is 0 Å². The van der Waals surface area contributed by atoms with E-state index in [9.17, 15) is 0 Å². The van der Waals surface area contributed by atoms with Crippen molar-refractivity contribution in [3.05, 3.63) is 71.0 Å². The molecule has 0 bridgehead atoms. The lowest BCUT2D eigenvalue weighted by Gasteiger charge is -2.14. The molecule has 3 rings (SSSR count). The lowest BCUT2D eigenvalue weighted by atomic mass is 9.92. The van der Waals surface area contributed by atoms with Crippen molar-refractivity contribution in [3.63, 3.8) is 0 Å². The first-order valence-corrected chi connectivity index (χ1v) is 9.40. The number of nitrogens with two attached hydrogens (primary N) is 2. The summed E-state index contributed by atoms with van der Waals surface area (Å²) in [5.41, 5.74) is 16.6. The molecule has 3 aliphatic carbocycles. The molecule has 25 heavy (non-hydrogen) atoms. The number of allylic oxidation sites excluding steroid dienone is 9. The van der Waals surface area contributed by atoms with Gasteiger partial charge >= 0.3 is 0 Å². The summed E-state index contributed by atoms with van der Waals surface area (Å²) >= 11 is 0. The number of rotatable bonds is 1. The molecule has 0 fully saturated rings. The van der Waals surface area contributed by atoms with Crippen LogP contribution < -0.4 is 11.5 Å². The average molecular weight is 339 g/mol. The molecule has 3 aliphatic rings. The molecule has 0 radical (unpaired) electrons. The van der Waals surface area contributed by atoms with Crippen molar-refractivity contribution in [1.82, 2.24) is 0 Å². The minimum atomic E-state index is 0.0849. The van der Waals surface area contributed by atoms with Crippen molar-refractivity contribution < 1.29 is 0 Å². The van der Waals surface area contributed by atoms with Crippen molar-refractivity contribution >= 4 is 0 Å². The topological polar surface area (TPSA) is 52.0 Å². The second kappa shape index (κ2) is 8.05. The summed E-state index contributed by atoms with van der Waals surface area (Å²) in [6.45, 7) is 9.29. The molecule has 0 aliphatic heterocycles. The van der Waals surface area contributed by atoms with E-state index in [0.717, 1.165) is 11.3 Å². The monoisotopic (exact) mass is 338 g/mol. The fraction of sp³-hybridized carbons (Fsp3) is 0.478. The third-order valence-electron chi connectivity index (χ3n) is 4.98. The van der Waals surface area contributed by atoms with E-state index in [1.165, 1.54) is 25.7 Å². The Hall–Kier alpha value is -1.80. The predicted octanol–water partition coefficient (Wildman–Crippen LogP) is 5.32. The largest absolute Gasteiger partial charge is 0.398 e. The molecule has 0 saturated carbocycles. The van der Waals surface area contributed by atoms with Gasteiger partial charge in [0.25, 0.3) is 0 Å². The zero-order chi connectivity index (χ0) is 18.5. The maximum absolute atomic E-state index is 5.77. The Kier molecular flexibility index (Phi) is 6.29. The smallest absolute Gasteiger partial charge is 0.0356 e. The highest BCUT2D eigenvalue weighted by atomic mass is 14.6. The third kappa shape index (κ3) is 5.89. The van der Waals surface area contributed by atoms with Gasteiger partial charge in [-0.05, 0) is 48.5 Å². The standard InChI is InChI=1S/C13H18.C10H16N2/c1-13(2)9-7-11-5-3-4-6-12(11)8-10-13;1-10(2)5-3-8(7-11)9(12)4-6-10/h7-10H,3-6H2,1-2H3;3-6H,7,11-12H2,1-2H3. The van der Waals surface area contributed by atoms with Gasteiger partial charge in [-0.15, -0.1) is 0 Å². The van der Waals surface area contributed by atoms with Crippen molar-refractivity contribution in [2.75, 3.05) is 6.54 Å². The summed E-state index contributed by atoms with van der Waals surface area (Å²) in [4.78, 5) is 0. The highest BCUT2D eigenvalue weighted by Gasteiger charge is 2.16. The Morgan fingerprint density at radius 3 is 1.68 bits per heavy atom. The maximum atomic E-state index is 5.77. The van der Waals surface area contributed by atoms with E-state index in [2.05, 4.69) is 64.2 Å². The van der Waals surface area contributed by atoms with Gasteiger partial charge in [-0.25, -0.2) is 0 Å². The molecule has 0 aromatic heterocycles. The first-order chi connectivity index (χ1) is 11.7. The molecule has 0 spiro atoms.